The quantitative estimate of drug-likeness (QED) is 0.902. The number of ether oxygens (including phenoxy) is 1. The van der Waals surface area contributed by atoms with E-state index in [1.165, 1.54) is 5.56 Å². The predicted octanol–water partition coefficient (Wildman–Crippen LogP) is 2.42. The standard InChI is InChI=1S/C16H24N2O2/c1-16(2,3)20-15(19)18-10-13(14(17)11-18)9-12-7-5-4-6-8-12/h4-8,13-14H,9-11,17H2,1-3H3. The number of rotatable bonds is 2. The van der Waals surface area contributed by atoms with Gasteiger partial charge < -0.3 is 15.4 Å². The van der Waals surface area contributed by atoms with Crippen LogP contribution in [0.2, 0.25) is 0 Å². The molecule has 0 aromatic heterocycles. The fraction of sp³-hybridized carbons (Fsp3) is 0.562. The number of carbonyl (C=O) groups excluding carboxylic acids is 1. The van der Waals surface area contributed by atoms with E-state index < -0.39 is 5.60 Å². The maximum atomic E-state index is 12.1. The first-order valence-corrected chi connectivity index (χ1v) is 7.12. The smallest absolute Gasteiger partial charge is 0.410 e. The van der Waals surface area contributed by atoms with Gasteiger partial charge in [0.1, 0.15) is 5.60 Å². The van der Waals surface area contributed by atoms with Crippen LogP contribution >= 0.6 is 0 Å². The predicted molar refractivity (Wildman–Crippen MR) is 79.4 cm³/mol. The molecule has 2 rings (SSSR count). The fourth-order valence-corrected chi connectivity index (χ4v) is 2.50. The SMILES string of the molecule is CC(C)(C)OC(=O)N1CC(N)C(Cc2ccccc2)C1. The minimum Gasteiger partial charge on any atom is -0.444 e. The average Bonchev–Trinajstić information content (AvgIpc) is 2.70. The molecule has 1 aliphatic heterocycles. The molecule has 0 aliphatic carbocycles. The summed E-state index contributed by atoms with van der Waals surface area (Å²) in [5.41, 5.74) is 6.97. The molecule has 0 bridgehead atoms. The van der Waals surface area contributed by atoms with E-state index in [0.717, 1.165) is 6.42 Å². The number of hydrogen-bond acceptors (Lipinski definition) is 3. The molecule has 2 unspecified atom stereocenters. The zero-order chi connectivity index (χ0) is 14.8. The van der Waals surface area contributed by atoms with Crippen LogP contribution < -0.4 is 5.73 Å². The molecule has 1 aromatic carbocycles. The largest absolute Gasteiger partial charge is 0.444 e. The molecule has 20 heavy (non-hydrogen) atoms. The van der Waals surface area contributed by atoms with Crippen LogP contribution in [0.5, 0.6) is 0 Å². The summed E-state index contributed by atoms with van der Waals surface area (Å²) < 4.78 is 5.40. The highest BCUT2D eigenvalue weighted by Crippen LogP contribution is 2.22. The van der Waals surface area contributed by atoms with Crippen molar-refractivity contribution in [2.75, 3.05) is 13.1 Å². The molecule has 110 valence electrons. The van der Waals surface area contributed by atoms with Crippen molar-refractivity contribution >= 4 is 6.09 Å². The summed E-state index contributed by atoms with van der Waals surface area (Å²) in [5, 5.41) is 0. The van der Waals surface area contributed by atoms with Crippen LogP contribution in [0.15, 0.2) is 30.3 Å². The third-order valence-electron chi connectivity index (χ3n) is 3.48. The Morgan fingerprint density at radius 2 is 1.95 bits per heavy atom. The molecule has 1 saturated heterocycles. The van der Waals surface area contributed by atoms with Crippen LogP contribution in [0.1, 0.15) is 26.3 Å². The average molecular weight is 276 g/mol. The lowest BCUT2D eigenvalue weighted by Gasteiger charge is -2.24. The summed E-state index contributed by atoms with van der Waals surface area (Å²) in [7, 11) is 0. The van der Waals surface area contributed by atoms with E-state index >= 15 is 0 Å². The molecule has 1 amide bonds. The lowest BCUT2D eigenvalue weighted by molar-refractivity contribution is 0.0287. The number of benzene rings is 1. The maximum Gasteiger partial charge on any atom is 0.410 e. The zero-order valence-corrected chi connectivity index (χ0v) is 12.5. The molecule has 0 saturated carbocycles. The van der Waals surface area contributed by atoms with Crippen molar-refractivity contribution in [1.29, 1.82) is 0 Å². The highest BCUT2D eigenvalue weighted by Gasteiger charge is 2.34. The van der Waals surface area contributed by atoms with Gasteiger partial charge in [0.25, 0.3) is 0 Å². The summed E-state index contributed by atoms with van der Waals surface area (Å²) in [4.78, 5) is 13.8. The lowest BCUT2D eigenvalue weighted by atomic mass is 9.95. The van der Waals surface area contributed by atoms with Gasteiger partial charge in [0.2, 0.25) is 0 Å². The van der Waals surface area contributed by atoms with Crippen molar-refractivity contribution in [3.05, 3.63) is 35.9 Å². The molecule has 1 fully saturated rings. The van der Waals surface area contributed by atoms with Gasteiger partial charge in [0.05, 0.1) is 0 Å². The highest BCUT2D eigenvalue weighted by atomic mass is 16.6. The Morgan fingerprint density at radius 3 is 2.55 bits per heavy atom. The monoisotopic (exact) mass is 276 g/mol. The van der Waals surface area contributed by atoms with Gasteiger partial charge in [-0.05, 0) is 38.7 Å². The van der Waals surface area contributed by atoms with Gasteiger partial charge in [-0.3, -0.25) is 0 Å². The van der Waals surface area contributed by atoms with Gasteiger partial charge in [-0.1, -0.05) is 30.3 Å². The minimum atomic E-state index is -0.460. The highest BCUT2D eigenvalue weighted by molar-refractivity contribution is 5.68. The Labute approximate surface area is 120 Å². The van der Waals surface area contributed by atoms with E-state index in [9.17, 15) is 4.79 Å². The van der Waals surface area contributed by atoms with Gasteiger partial charge in [0.15, 0.2) is 0 Å². The Balaban J connectivity index is 1.94. The summed E-state index contributed by atoms with van der Waals surface area (Å²) in [6.45, 7) is 6.88. The van der Waals surface area contributed by atoms with Crippen LogP contribution in [0.4, 0.5) is 4.79 Å². The van der Waals surface area contributed by atoms with Gasteiger partial charge in [-0.15, -0.1) is 0 Å². The van der Waals surface area contributed by atoms with Crippen LogP contribution in [0.25, 0.3) is 0 Å². The molecule has 1 heterocycles. The van der Waals surface area contributed by atoms with Crippen molar-refractivity contribution in [2.45, 2.75) is 38.8 Å². The van der Waals surface area contributed by atoms with E-state index in [4.69, 9.17) is 10.5 Å². The van der Waals surface area contributed by atoms with Crippen molar-refractivity contribution in [3.63, 3.8) is 0 Å². The van der Waals surface area contributed by atoms with Gasteiger partial charge in [0, 0.05) is 19.1 Å². The Hall–Kier alpha value is -1.55. The second kappa shape index (κ2) is 5.83. The summed E-state index contributed by atoms with van der Waals surface area (Å²) >= 11 is 0. The molecule has 0 radical (unpaired) electrons. The number of hydrogen-bond donors (Lipinski definition) is 1. The molecule has 1 aromatic rings. The molecule has 4 heteroatoms. The number of amides is 1. The normalized spacial score (nSPS) is 22.9. The summed E-state index contributed by atoms with van der Waals surface area (Å²) in [6, 6.07) is 10.3. The van der Waals surface area contributed by atoms with Gasteiger partial charge in [-0.2, -0.15) is 0 Å². The zero-order valence-electron chi connectivity index (χ0n) is 12.5. The molecule has 2 N–H and O–H groups in total. The molecule has 2 atom stereocenters. The second-order valence-corrected chi connectivity index (χ2v) is 6.50. The number of nitrogens with zero attached hydrogens (tertiary/aromatic N) is 1. The van der Waals surface area contributed by atoms with E-state index in [0.29, 0.717) is 19.0 Å². The first kappa shape index (κ1) is 14.9. The number of likely N-dealkylation sites (tertiary alicyclic amines) is 1. The van der Waals surface area contributed by atoms with Crippen LogP contribution in [-0.2, 0) is 11.2 Å². The third kappa shape index (κ3) is 3.97. The van der Waals surface area contributed by atoms with Crippen molar-refractivity contribution < 1.29 is 9.53 Å². The van der Waals surface area contributed by atoms with Crippen LogP contribution in [-0.4, -0.2) is 35.7 Å². The molecular weight excluding hydrogens is 252 g/mol. The first-order valence-electron chi connectivity index (χ1n) is 7.12. The van der Waals surface area contributed by atoms with E-state index in [1.807, 2.05) is 39.0 Å². The maximum absolute atomic E-state index is 12.1. The van der Waals surface area contributed by atoms with Crippen LogP contribution in [0, 0.1) is 5.92 Å². The van der Waals surface area contributed by atoms with E-state index in [1.54, 1.807) is 4.90 Å². The second-order valence-electron chi connectivity index (χ2n) is 6.50. The first-order chi connectivity index (χ1) is 9.35. The number of nitrogens with two attached hydrogens (primary N) is 1. The lowest BCUT2D eigenvalue weighted by Crippen LogP contribution is -2.36. The van der Waals surface area contributed by atoms with Gasteiger partial charge >= 0.3 is 6.09 Å². The molecule has 4 nitrogen and oxygen atoms in total. The minimum absolute atomic E-state index is 0.0164. The molecular formula is C16H24N2O2. The Morgan fingerprint density at radius 1 is 1.30 bits per heavy atom. The Kier molecular flexibility index (Phi) is 4.33. The molecule has 1 aliphatic rings. The fourth-order valence-electron chi connectivity index (χ4n) is 2.50. The van der Waals surface area contributed by atoms with Crippen molar-refractivity contribution in [1.82, 2.24) is 4.90 Å². The van der Waals surface area contributed by atoms with E-state index in [-0.39, 0.29) is 12.1 Å². The van der Waals surface area contributed by atoms with E-state index in [2.05, 4.69) is 12.1 Å². The van der Waals surface area contributed by atoms with Crippen molar-refractivity contribution in [2.24, 2.45) is 11.7 Å². The topological polar surface area (TPSA) is 55.6 Å². The van der Waals surface area contributed by atoms with Gasteiger partial charge in [-0.25, -0.2) is 4.79 Å². The Bertz CT molecular complexity index is 453. The number of carbonyl (C=O) groups is 1. The summed E-state index contributed by atoms with van der Waals surface area (Å²) in [5.74, 6) is 0.296. The van der Waals surface area contributed by atoms with Crippen molar-refractivity contribution in [3.8, 4) is 0 Å². The third-order valence-corrected chi connectivity index (χ3v) is 3.48. The molecule has 0 spiro atoms. The summed E-state index contributed by atoms with van der Waals surface area (Å²) in [6.07, 6.45) is 0.643. The van der Waals surface area contributed by atoms with Crippen LogP contribution in [0.3, 0.4) is 0 Å².